The van der Waals surface area contributed by atoms with Crippen LogP contribution in [0.3, 0.4) is 0 Å². The fraction of sp³-hybridized carbons (Fsp3) is 0.400. The van der Waals surface area contributed by atoms with Gasteiger partial charge < -0.3 is 5.11 Å². The number of phenolic OH excluding ortho intramolecular Hbond substituents is 1. The van der Waals surface area contributed by atoms with E-state index in [1.54, 1.807) is 0 Å². The molecule has 0 unspecified atom stereocenters. The van der Waals surface area contributed by atoms with Crippen LogP contribution in [0.25, 0.3) is 0 Å². The molecule has 1 aromatic rings. The molecule has 1 aromatic carbocycles. The van der Waals surface area contributed by atoms with Crippen molar-refractivity contribution in [2.45, 2.75) is 4.90 Å². The smallest absolute Gasteiger partial charge is 0.312 e. The Bertz CT molecular complexity index is 573. The monoisotopic (exact) mass is 306 g/mol. The molecule has 9 heteroatoms. The van der Waals surface area contributed by atoms with Gasteiger partial charge in [-0.25, -0.2) is 12.7 Å². The maximum atomic E-state index is 12.1. The van der Waals surface area contributed by atoms with E-state index in [0.29, 0.717) is 12.3 Å². The Hall–Kier alpha value is -1.32. The second kappa shape index (κ2) is 6.22. The van der Waals surface area contributed by atoms with Crippen LogP contribution in [-0.2, 0) is 10.0 Å². The van der Waals surface area contributed by atoms with Crippen LogP contribution in [0.4, 0.5) is 5.69 Å². The fourth-order valence-corrected chi connectivity index (χ4v) is 3.09. The van der Waals surface area contributed by atoms with Crippen molar-refractivity contribution < 1.29 is 18.4 Å². The quantitative estimate of drug-likeness (QED) is 0.627. The highest BCUT2D eigenvalue weighted by Crippen LogP contribution is 2.29. The van der Waals surface area contributed by atoms with Gasteiger partial charge in [-0.2, -0.15) is 11.8 Å². The topological polar surface area (TPSA) is 101 Å². The molecule has 0 aliphatic heterocycles. The fourth-order valence-electron chi connectivity index (χ4n) is 1.33. The van der Waals surface area contributed by atoms with Crippen molar-refractivity contribution >= 4 is 27.5 Å². The SMILES string of the molecule is CSCCN(C)S(=O)(=O)c1ccc(O)c([N+](=O)[O-])c1. The van der Waals surface area contributed by atoms with E-state index in [-0.39, 0.29) is 4.90 Å². The molecule has 0 atom stereocenters. The number of aromatic hydroxyl groups is 1. The van der Waals surface area contributed by atoms with E-state index in [1.807, 2.05) is 6.26 Å². The minimum atomic E-state index is -3.78. The van der Waals surface area contributed by atoms with Gasteiger partial charge in [0.2, 0.25) is 10.0 Å². The Kier molecular flexibility index (Phi) is 5.15. The summed E-state index contributed by atoms with van der Waals surface area (Å²) in [6.07, 6.45) is 1.85. The first-order chi connectivity index (χ1) is 8.80. The first-order valence-corrected chi connectivity index (χ1v) is 8.06. The predicted octanol–water partition coefficient (Wildman–Crippen LogP) is 1.28. The molecule has 0 radical (unpaired) electrons. The molecule has 0 aromatic heterocycles. The number of nitrogens with zero attached hydrogens (tertiary/aromatic N) is 2. The minimum absolute atomic E-state index is 0.208. The van der Waals surface area contributed by atoms with Gasteiger partial charge in [0.05, 0.1) is 9.82 Å². The first kappa shape index (κ1) is 15.7. The summed E-state index contributed by atoms with van der Waals surface area (Å²) in [6.45, 7) is 0.304. The van der Waals surface area contributed by atoms with Gasteiger partial charge in [0.15, 0.2) is 5.75 Å². The van der Waals surface area contributed by atoms with Crippen LogP contribution in [-0.4, -0.2) is 48.4 Å². The van der Waals surface area contributed by atoms with Gasteiger partial charge in [-0.3, -0.25) is 10.1 Å². The summed E-state index contributed by atoms with van der Waals surface area (Å²) in [5.41, 5.74) is -0.626. The van der Waals surface area contributed by atoms with Crippen LogP contribution in [0.15, 0.2) is 23.1 Å². The average Bonchev–Trinajstić information content (AvgIpc) is 2.35. The number of nitro groups is 1. The van der Waals surface area contributed by atoms with Gasteiger partial charge in [0, 0.05) is 25.4 Å². The number of hydrogen-bond acceptors (Lipinski definition) is 6. The molecule has 0 saturated heterocycles. The van der Waals surface area contributed by atoms with Crippen molar-refractivity contribution in [1.29, 1.82) is 0 Å². The van der Waals surface area contributed by atoms with Crippen molar-refractivity contribution in [1.82, 2.24) is 4.31 Å². The van der Waals surface area contributed by atoms with Crippen LogP contribution in [0, 0.1) is 10.1 Å². The largest absolute Gasteiger partial charge is 0.502 e. The van der Waals surface area contributed by atoms with Gasteiger partial charge in [0.25, 0.3) is 0 Å². The zero-order valence-corrected chi connectivity index (χ0v) is 12.1. The lowest BCUT2D eigenvalue weighted by atomic mass is 10.3. The third kappa shape index (κ3) is 3.58. The standard InChI is InChI=1S/C10H14N2O5S2/c1-11(5-6-18-2)19(16,17)8-3-4-10(13)9(7-8)12(14)15/h3-4,7,13H,5-6H2,1-2H3. The lowest BCUT2D eigenvalue weighted by molar-refractivity contribution is -0.386. The highest BCUT2D eigenvalue weighted by molar-refractivity contribution is 7.98. The van der Waals surface area contributed by atoms with Crippen molar-refractivity contribution in [3.63, 3.8) is 0 Å². The summed E-state index contributed by atoms with van der Waals surface area (Å²) in [6, 6.07) is 3.01. The van der Waals surface area contributed by atoms with Gasteiger partial charge in [-0.05, 0) is 18.4 Å². The molecule has 0 aliphatic rings. The number of nitro benzene ring substituents is 1. The van der Waals surface area contributed by atoms with Crippen LogP contribution in [0.2, 0.25) is 0 Å². The third-order valence-electron chi connectivity index (χ3n) is 2.46. The van der Waals surface area contributed by atoms with E-state index in [0.717, 1.165) is 22.5 Å². The molecule has 0 bridgehead atoms. The lowest BCUT2D eigenvalue weighted by Gasteiger charge is -2.16. The summed E-state index contributed by atoms with van der Waals surface area (Å²) in [7, 11) is -2.37. The summed E-state index contributed by atoms with van der Waals surface area (Å²) < 4.78 is 25.4. The van der Waals surface area contributed by atoms with Crippen LogP contribution in [0.5, 0.6) is 5.75 Å². The van der Waals surface area contributed by atoms with Crippen LogP contribution < -0.4 is 0 Å². The molecule has 0 amide bonds. The number of hydrogen-bond donors (Lipinski definition) is 1. The summed E-state index contributed by atoms with van der Waals surface area (Å²) in [5.74, 6) is 0.0614. The summed E-state index contributed by atoms with van der Waals surface area (Å²) in [5, 5.41) is 20.0. The van der Waals surface area contributed by atoms with Gasteiger partial charge in [0.1, 0.15) is 0 Å². The molecular weight excluding hydrogens is 292 g/mol. The van der Waals surface area contributed by atoms with E-state index in [1.165, 1.54) is 18.8 Å². The van der Waals surface area contributed by atoms with E-state index in [9.17, 15) is 23.6 Å². The average molecular weight is 306 g/mol. The number of phenols is 1. The molecule has 7 nitrogen and oxygen atoms in total. The molecule has 0 fully saturated rings. The van der Waals surface area contributed by atoms with Crippen molar-refractivity contribution in [3.05, 3.63) is 28.3 Å². The van der Waals surface area contributed by atoms with Crippen molar-refractivity contribution in [2.75, 3.05) is 25.6 Å². The number of sulfonamides is 1. The highest BCUT2D eigenvalue weighted by atomic mass is 32.2. The van der Waals surface area contributed by atoms with E-state index < -0.39 is 26.4 Å². The second-order valence-electron chi connectivity index (χ2n) is 3.73. The zero-order chi connectivity index (χ0) is 14.6. The number of rotatable bonds is 6. The third-order valence-corrected chi connectivity index (χ3v) is 4.91. The van der Waals surface area contributed by atoms with Crippen LogP contribution >= 0.6 is 11.8 Å². The Morgan fingerprint density at radius 1 is 1.47 bits per heavy atom. The lowest BCUT2D eigenvalue weighted by Crippen LogP contribution is -2.29. The van der Waals surface area contributed by atoms with Gasteiger partial charge in [-0.15, -0.1) is 0 Å². The zero-order valence-electron chi connectivity index (χ0n) is 10.4. The van der Waals surface area contributed by atoms with Gasteiger partial charge >= 0.3 is 5.69 Å². The number of thioether (sulfide) groups is 1. The second-order valence-corrected chi connectivity index (χ2v) is 6.76. The number of benzene rings is 1. The van der Waals surface area contributed by atoms with Crippen molar-refractivity contribution in [3.8, 4) is 5.75 Å². The minimum Gasteiger partial charge on any atom is -0.502 e. The van der Waals surface area contributed by atoms with E-state index in [4.69, 9.17) is 0 Å². The molecular formula is C10H14N2O5S2. The molecule has 0 aliphatic carbocycles. The maximum Gasteiger partial charge on any atom is 0.312 e. The van der Waals surface area contributed by atoms with Crippen molar-refractivity contribution in [2.24, 2.45) is 0 Å². The Balaban J connectivity index is 3.15. The van der Waals surface area contributed by atoms with Crippen LogP contribution in [0.1, 0.15) is 0 Å². The summed E-state index contributed by atoms with van der Waals surface area (Å²) >= 11 is 1.50. The normalized spacial score (nSPS) is 11.7. The Morgan fingerprint density at radius 3 is 2.63 bits per heavy atom. The molecule has 106 valence electrons. The van der Waals surface area contributed by atoms with E-state index in [2.05, 4.69) is 0 Å². The molecule has 1 rings (SSSR count). The Morgan fingerprint density at radius 2 is 2.11 bits per heavy atom. The first-order valence-electron chi connectivity index (χ1n) is 5.23. The molecule has 0 heterocycles. The molecule has 1 N–H and O–H groups in total. The Labute approximate surface area is 115 Å². The predicted molar refractivity (Wildman–Crippen MR) is 73.0 cm³/mol. The molecule has 0 spiro atoms. The molecule has 0 saturated carbocycles. The molecule has 19 heavy (non-hydrogen) atoms. The van der Waals surface area contributed by atoms with Gasteiger partial charge in [-0.1, -0.05) is 0 Å². The summed E-state index contributed by atoms with van der Waals surface area (Å²) in [4.78, 5) is 9.65. The van der Waals surface area contributed by atoms with E-state index >= 15 is 0 Å². The highest BCUT2D eigenvalue weighted by Gasteiger charge is 2.24. The maximum absolute atomic E-state index is 12.1.